The van der Waals surface area contributed by atoms with Crippen molar-refractivity contribution >= 4 is 30.6 Å². The highest BCUT2D eigenvalue weighted by Gasteiger charge is 2.45. The molecule has 0 radical (unpaired) electrons. The third kappa shape index (κ3) is 3.73. The molecule has 1 aliphatic rings. The summed E-state index contributed by atoms with van der Waals surface area (Å²) in [6, 6.07) is 6.05. The van der Waals surface area contributed by atoms with E-state index in [0.717, 1.165) is 12.4 Å². The van der Waals surface area contributed by atoms with Crippen molar-refractivity contribution in [2.45, 2.75) is 18.4 Å². The molecule has 3 nitrogen and oxygen atoms in total. The van der Waals surface area contributed by atoms with Crippen LogP contribution in [-0.4, -0.2) is 43.1 Å². The second kappa shape index (κ2) is 6.43. The number of pyridine rings is 1. The number of rotatable bonds is 4. The van der Waals surface area contributed by atoms with Crippen LogP contribution in [0.5, 0.6) is 0 Å². The van der Waals surface area contributed by atoms with Crippen molar-refractivity contribution in [3.8, 4) is 0 Å². The zero-order valence-corrected chi connectivity index (χ0v) is 12.2. The van der Waals surface area contributed by atoms with Crippen LogP contribution < -0.4 is 4.90 Å². The van der Waals surface area contributed by atoms with E-state index < -0.39 is 0 Å². The van der Waals surface area contributed by atoms with Crippen molar-refractivity contribution in [1.82, 2.24) is 9.88 Å². The van der Waals surface area contributed by atoms with Crippen LogP contribution in [0.3, 0.4) is 0 Å². The van der Waals surface area contributed by atoms with Crippen molar-refractivity contribution in [3.05, 3.63) is 24.4 Å². The second-order valence-electron chi connectivity index (χ2n) is 4.66. The van der Waals surface area contributed by atoms with E-state index in [1.54, 1.807) is 0 Å². The number of nitrogens with zero attached hydrogens (tertiary/aromatic N) is 3. The van der Waals surface area contributed by atoms with Crippen LogP contribution in [-0.2, 0) is 0 Å². The van der Waals surface area contributed by atoms with Crippen molar-refractivity contribution in [3.63, 3.8) is 0 Å². The van der Waals surface area contributed by atoms with Crippen LogP contribution in [0.2, 0.25) is 0 Å². The first-order valence-electron chi connectivity index (χ1n) is 5.44. The summed E-state index contributed by atoms with van der Waals surface area (Å²) in [6.07, 6.45) is 4.45. The van der Waals surface area contributed by atoms with Crippen LogP contribution in [0.15, 0.2) is 24.4 Å². The molecule has 1 aromatic heterocycles. The molecule has 1 fully saturated rings. The number of likely N-dealkylation sites (N-methyl/N-ethyl adjacent to an activating group) is 2. The van der Waals surface area contributed by atoms with E-state index in [1.807, 2.05) is 18.3 Å². The minimum Gasteiger partial charge on any atom is -0.358 e. The molecule has 0 amide bonds. The molecule has 5 heteroatoms. The Balaban J connectivity index is 0.00000128. The average Bonchev–Trinajstić information content (AvgIpc) is 3.00. The number of hydrogen-bond donors (Lipinski definition) is 0. The van der Waals surface area contributed by atoms with Gasteiger partial charge in [0, 0.05) is 25.3 Å². The van der Waals surface area contributed by atoms with Crippen LogP contribution in [0, 0.1) is 0 Å². The maximum absolute atomic E-state index is 4.36. The standard InChI is InChI=1S/C12H19N3.2ClH/c1-14(2)12(7-8-12)10-15(3)11-6-4-5-9-13-11;;/h4-6,9H,7-8,10H2,1-3H3;2*1H. The topological polar surface area (TPSA) is 19.4 Å². The van der Waals surface area contributed by atoms with Crippen molar-refractivity contribution in [2.75, 3.05) is 32.6 Å². The molecule has 0 atom stereocenters. The molecule has 2 rings (SSSR count). The molecule has 1 saturated carbocycles. The Morgan fingerprint density at radius 2 is 1.82 bits per heavy atom. The summed E-state index contributed by atoms with van der Waals surface area (Å²) >= 11 is 0. The molecule has 0 spiro atoms. The van der Waals surface area contributed by atoms with Gasteiger partial charge in [-0.2, -0.15) is 0 Å². The molecule has 0 aromatic carbocycles. The summed E-state index contributed by atoms with van der Waals surface area (Å²) in [6.45, 7) is 1.07. The van der Waals surface area contributed by atoms with Crippen molar-refractivity contribution in [1.29, 1.82) is 0 Å². The van der Waals surface area contributed by atoms with Gasteiger partial charge >= 0.3 is 0 Å². The van der Waals surface area contributed by atoms with Gasteiger partial charge in [0.25, 0.3) is 0 Å². The van der Waals surface area contributed by atoms with E-state index in [0.29, 0.717) is 5.54 Å². The predicted molar refractivity (Wildman–Crippen MR) is 77.7 cm³/mol. The minimum atomic E-state index is 0. The molecular formula is C12H21Cl2N3. The van der Waals surface area contributed by atoms with Crippen LogP contribution >= 0.6 is 24.8 Å². The fourth-order valence-electron chi connectivity index (χ4n) is 1.99. The second-order valence-corrected chi connectivity index (χ2v) is 4.66. The lowest BCUT2D eigenvalue weighted by molar-refractivity contribution is 0.275. The highest BCUT2D eigenvalue weighted by molar-refractivity contribution is 5.85. The Bertz CT molecular complexity index is 326. The maximum atomic E-state index is 4.36. The molecule has 1 aromatic rings. The van der Waals surface area contributed by atoms with Crippen LogP contribution in [0.1, 0.15) is 12.8 Å². The van der Waals surface area contributed by atoms with Gasteiger partial charge in [0.05, 0.1) is 0 Å². The summed E-state index contributed by atoms with van der Waals surface area (Å²) in [7, 11) is 6.45. The Morgan fingerprint density at radius 3 is 2.24 bits per heavy atom. The smallest absolute Gasteiger partial charge is 0.128 e. The molecular weight excluding hydrogens is 257 g/mol. The lowest BCUT2D eigenvalue weighted by Gasteiger charge is -2.29. The van der Waals surface area contributed by atoms with Crippen LogP contribution in [0.4, 0.5) is 5.82 Å². The fraction of sp³-hybridized carbons (Fsp3) is 0.583. The van der Waals surface area contributed by atoms with Crippen molar-refractivity contribution < 1.29 is 0 Å². The number of aromatic nitrogens is 1. The molecule has 1 heterocycles. The molecule has 0 N–H and O–H groups in total. The maximum Gasteiger partial charge on any atom is 0.128 e. The third-order valence-corrected chi connectivity index (χ3v) is 3.35. The number of anilines is 1. The number of hydrogen-bond acceptors (Lipinski definition) is 3. The van der Waals surface area contributed by atoms with Crippen molar-refractivity contribution in [2.24, 2.45) is 0 Å². The van der Waals surface area contributed by atoms with Gasteiger partial charge in [-0.15, -0.1) is 24.8 Å². The molecule has 0 aliphatic heterocycles. The zero-order valence-electron chi connectivity index (χ0n) is 10.6. The summed E-state index contributed by atoms with van der Waals surface area (Å²) in [5.41, 5.74) is 0.395. The SMILES string of the molecule is CN(CC1(N(C)C)CC1)c1ccccn1.Cl.Cl. The first-order chi connectivity index (χ1) is 7.14. The number of halogens is 2. The fourth-order valence-corrected chi connectivity index (χ4v) is 1.99. The molecule has 98 valence electrons. The predicted octanol–water partition coefficient (Wildman–Crippen LogP) is 2.46. The van der Waals surface area contributed by atoms with Gasteiger partial charge in [0.1, 0.15) is 5.82 Å². The third-order valence-electron chi connectivity index (χ3n) is 3.35. The molecule has 0 saturated heterocycles. The summed E-state index contributed by atoms with van der Waals surface area (Å²) in [5, 5.41) is 0. The van der Waals surface area contributed by atoms with Gasteiger partial charge in [0.2, 0.25) is 0 Å². The highest BCUT2D eigenvalue weighted by atomic mass is 35.5. The Morgan fingerprint density at radius 1 is 1.18 bits per heavy atom. The first kappa shape index (κ1) is 16.5. The summed E-state index contributed by atoms with van der Waals surface area (Å²) in [4.78, 5) is 8.94. The molecule has 0 bridgehead atoms. The monoisotopic (exact) mass is 277 g/mol. The van der Waals surface area contributed by atoms with Gasteiger partial charge in [-0.25, -0.2) is 4.98 Å². The Hall–Kier alpha value is -0.510. The molecule has 0 unspecified atom stereocenters. The van der Waals surface area contributed by atoms with E-state index in [-0.39, 0.29) is 24.8 Å². The minimum absolute atomic E-state index is 0. The normalized spacial score (nSPS) is 15.8. The van der Waals surface area contributed by atoms with Gasteiger partial charge in [-0.3, -0.25) is 0 Å². The van der Waals surface area contributed by atoms with Gasteiger partial charge in [-0.1, -0.05) is 6.07 Å². The molecule has 17 heavy (non-hydrogen) atoms. The highest BCUT2D eigenvalue weighted by Crippen LogP contribution is 2.40. The van der Waals surface area contributed by atoms with E-state index in [4.69, 9.17) is 0 Å². The quantitative estimate of drug-likeness (QED) is 0.843. The van der Waals surface area contributed by atoms with Gasteiger partial charge in [0.15, 0.2) is 0 Å². The largest absolute Gasteiger partial charge is 0.358 e. The van der Waals surface area contributed by atoms with E-state index in [1.165, 1.54) is 12.8 Å². The first-order valence-corrected chi connectivity index (χ1v) is 5.44. The van der Waals surface area contributed by atoms with E-state index in [2.05, 4.69) is 42.0 Å². The van der Waals surface area contributed by atoms with Gasteiger partial charge in [-0.05, 0) is 39.1 Å². The van der Waals surface area contributed by atoms with Crippen LogP contribution in [0.25, 0.3) is 0 Å². The molecule has 1 aliphatic carbocycles. The summed E-state index contributed by atoms with van der Waals surface area (Å²) < 4.78 is 0. The lowest BCUT2D eigenvalue weighted by Crippen LogP contribution is -2.41. The van der Waals surface area contributed by atoms with E-state index in [9.17, 15) is 0 Å². The lowest BCUT2D eigenvalue weighted by atomic mass is 10.2. The average molecular weight is 278 g/mol. The summed E-state index contributed by atoms with van der Waals surface area (Å²) in [5.74, 6) is 1.06. The Kier molecular flexibility index (Phi) is 6.24. The Labute approximate surface area is 116 Å². The van der Waals surface area contributed by atoms with E-state index >= 15 is 0 Å². The van der Waals surface area contributed by atoms with Gasteiger partial charge < -0.3 is 9.80 Å². The zero-order chi connectivity index (χ0) is 10.9.